The molecule has 1 aromatic rings. The Morgan fingerprint density at radius 3 is 2.83 bits per heavy atom. The van der Waals surface area contributed by atoms with Crippen molar-refractivity contribution >= 4 is 0 Å². The number of benzene rings is 1. The average molecular weight is 249 g/mol. The van der Waals surface area contributed by atoms with Crippen LogP contribution >= 0.6 is 0 Å². The van der Waals surface area contributed by atoms with Crippen molar-refractivity contribution < 1.29 is 9.47 Å². The van der Waals surface area contributed by atoms with Crippen LogP contribution in [0.1, 0.15) is 19.4 Å². The number of ether oxygens (including phenoxy) is 2. The van der Waals surface area contributed by atoms with E-state index in [1.807, 2.05) is 24.3 Å². The Labute approximate surface area is 110 Å². The van der Waals surface area contributed by atoms with E-state index >= 15 is 0 Å². The molecule has 0 aliphatic carbocycles. The minimum atomic E-state index is 0.465. The molecule has 1 aromatic carbocycles. The lowest BCUT2D eigenvalue weighted by atomic mass is 10.2. The van der Waals surface area contributed by atoms with Gasteiger partial charge in [0.2, 0.25) is 0 Å². The molecular formula is C15H23NO2. The molecule has 0 spiro atoms. The summed E-state index contributed by atoms with van der Waals surface area (Å²) in [5, 5.41) is 3.31. The minimum absolute atomic E-state index is 0.465. The van der Waals surface area contributed by atoms with Crippen molar-refractivity contribution in [1.29, 1.82) is 0 Å². The summed E-state index contributed by atoms with van der Waals surface area (Å²) in [6.07, 6.45) is 0. The average Bonchev–Trinajstić information content (AvgIpc) is 2.35. The summed E-state index contributed by atoms with van der Waals surface area (Å²) in [5.41, 5.74) is 2.15. The van der Waals surface area contributed by atoms with Crippen molar-refractivity contribution in [3.05, 3.63) is 42.0 Å². The molecule has 3 heteroatoms. The van der Waals surface area contributed by atoms with Gasteiger partial charge < -0.3 is 14.8 Å². The van der Waals surface area contributed by atoms with E-state index in [0.29, 0.717) is 19.3 Å². The molecule has 0 unspecified atom stereocenters. The fourth-order valence-corrected chi connectivity index (χ4v) is 1.48. The third kappa shape index (κ3) is 5.84. The summed E-state index contributed by atoms with van der Waals surface area (Å²) in [4.78, 5) is 0. The van der Waals surface area contributed by atoms with Gasteiger partial charge in [0.15, 0.2) is 0 Å². The third-order valence-corrected chi connectivity index (χ3v) is 2.41. The van der Waals surface area contributed by atoms with Crippen LogP contribution in [0.4, 0.5) is 0 Å². The maximum atomic E-state index is 5.69. The third-order valence-electron chi connectivity index (χ3n) is 2.41. The van der Waals surface area contributed by atoms with Crippen LogP contribution in [-0.4, -0.2) is 26.3 Å². The Bertz CT molecular complexity index is 375. The van der Waals surface area contributed by atoms with Crippen molar-refractivity contribution in [2.24, 2.45) is 0 Å². The van der Waals surface area contributed by atoms with Gasteiger partial charge in [-0.3, -0.25) is 0 Å². The van der Waals surface area contributed by atoms with Crippen molar-refractivity contribution in [2.75, 3.05) is 20.3 Å². The van der Waals surface area contributed by atoms with Gasteiger partial charge in [-0.2, -0.15) is 0 Å². The van der Waals surface area contributed by atoms with Crippen LogP contribution in [0.15, 0.2) is 36.4 Å². The largest absolute Gasteiger partial charge is 0.489 e. The zero-order chi connectivity index (χ0) is 13.4. The van der Waals surface area contributed by atoms with E-state index in [2.05, 4.69) is 25.7 Å². The van der Waals surface area contributed by atoms with Crippen LogP contribution < -0.4 is 10.1 Å². The molecule has 3 nitrogen and oxygen atoms in total. The quantitative estimate of drug-likeness (QED) is 0.719. The second-order valence-corrected chi connectivity index (χ2v) is 4.65. The normalized spacial score (nSPS) is 10.7. The predicted molar refractivity (Wildman–Crippen MR) is 74.9 cm³/mol. The number of methoxy groups -OCH3 is 1. The fourth-order valence-electron chi connectivity index (χ4n) is 1.48. The van der Waals surface area contributed by atoms with Crippen molar-refractivity contribution in [1.82, 2.24) is 5.32 Å². The first-order valence-electron chi connectivity index (χ1n) is 6.22. The SMILES string of the molecule is C=C(CNC(C)C)COc1cccc(COC)c1. The maximum Gasteiger partial charge on any atom is 0.120 e. The van der Waals surface area contributed by atoms with Crippen LogP contribution in [-0.2, 0) is 11.3 Å². The number of nitrogens with one attached hydrogen (secondary N) is 1. The summed E-state index contributed by atoms with van der Waals surface area (Å²) < 4.78 is 10.8. The molecule has 0 aromatic heterocycles. The van der Waals surface area contributed by atoms with Crippen molar-refractivity contribution in [2.45, 2.75) is 26.5 Å². The lowest BCUT2D eigenvalue weighted by Gasteiger charge is -2.12. The van der Waals surface area contributed by atoms with Gasteiger partial charge >= 0.3 is 0 Å². The highest BCUT2D eigenvalue weighted by molar-refractivity contribution is 5.28. The van der Waals surface area contributed by atoms with E-state index in [4.69, 9.17) is 9.47 Å². The molecule has 0 radical (unpaired) electrons. The van der Waals surface area contributed by atoms with Gasteiger partial charge in [0.05, 0.1) is 6.61 Å². The maximum absolute atomic E-state index is 5.69. The van der Waals surface area contributed by atoms with Crippen LogP contribution in [0.3, 0.4) is 0 Å². The lowest BCUT2D eigenvalue weighted by molar-refractivity contribution is 0.184. The molecule has 0 heterocycles. The van der Waals surface area contributed by atoms with Gasteiger partial charge in [0, 0.05) is 19.7 Å². The summed E-state index contributed by atoms with van der Waals surface area (Å²) in [6, 6.07) is 8.39. The van der Waals surface area contributed by atoms with Crippen LogP contribution in [0.2, 0.25) is 0 Å². The number of rotatable bonds is 8. The Hall–Kier alpha value is -1.32. The molecule has 0 saturated carbocycles. The van der Waals surface area contributed by atoms with E-state index < -0.39 is 0 Å². The summed E-state index contributed by atoms with van der Waals surface area (Å²) in [5.74, 6) is 0.857. The Kier molecular flexibility index (Phi) is 6.47. The van der Waals surface area contributed by atoms with Gasteiger partial charge in [0.1, 0.15) is 12.4 Å². The van der Waals surface area contributed by atoms with E-state index in [1.165, 1.54) is 0 Å². The molecule has 0 bridgehead atoms. The Morgan fingerprint density at radius 1 is 1.39 bits per heavy atom. The highest BCUT2D eigenvalue weighted by atomic mass is 16.5. The molecule has 1 N–H and O–H groups in total. The van der Waals surface area contributed by atoms with E-state index in [0.717, 1.165) is 23.4 Å². The van der Waals surface area contributed by atoms with Crippen molar-refractivity contribution in [3.63, 3.8) is 0 Å². The van der Waals surface area contributed by atoms with Gasteiger partial charge in [0.25, 0.3) is 0 Å². The zero-order valence-electron chi connectivity index (χ0n) is 11.5. The molecule has 100 valence electrons. The molecule has 0 atom stereocenters. The summed E-state index contributed by atoms with van der Waals surface area (Å²) in [7, 11) is 1.69. The molecule has 0 aliphatic rings. The minimum Gasteiger partial charge on any atom is -0.489 e. The zero-order valence-corrected chi connectivity index (χ0v) is 11.5. The first-order chi connectivity index (χ1) is 8.61. The summed E-state index contributed by atoms with van der Waals surface area (Å²) >= 11 is 0. The molecular weight excluding hydrogens is 226 g/mol. The lowest BCUT2D eigenvalue weighted by Crippen LogP contribution is -2.26. The topological polar surface area (TPSA) is 30.5 Å². The molecule has 0 amide bonds. The highest BCUT2D eigenvalue weighted by Crippen LogP contribution is 2.14. The monoisotopic (exact) mass is 249 g/mol. The van der Waals surface area contributed by atoms with E-state index in [9.17, 15) is 0 Å². The van der Waals surface area contributed by atoms with Gasteiger partial charge in [-0.05, 0) is 23.3 Å². The van der Waals surface area contributed by atoms with Crippen LogP contribution in [0, 0.1) is 0 Å². The first kappa shape index (κ1) is 14.7. The number of hydrogen-bond acceptors (Lipinski definition) is 3. The molecule has 18 heavy (non-hydrogen) atoms. The fraction of sp³-hybridized carbons (Fsp3) is 0.467. The van der Waals surface area contributed by atoms with E-state index in [1.54, 1.807) is 7.11 Å². The predicted octanol–water partition coefficient (Wildman–Crippen LogP) is 2.77. The van der Waals surface area contributed by atoms with Gasteiger partial charge in [-0.1, -0.05) is 32.6 Å². The Balaban J connectivity index is 2.38. The Morgan fingerprint density at radius 2 is 2.17 bits per heavy atom. The molecule has 1 rings (SSSR count). The second-order valence-electron chi connectivity index (χ2n) is 4.65. The summed E-state index contributed by atoms with van der Waals surface area (Å²) in [6.45, 7) is 10.1. The van der Waals surface area contributed by atoms with Gasteiger partial charge in [-0.15, -0.1) is 0 Å². The second kappa shape index (κ2) is 7.90. The van der Waals surface area contributed by atoms with E-state index in [-0.39, 0.29) is 0 Å². The van der Waals surface area contributed by atoms with Crippen LogP contribution in [0.5, 0.6) is 5.75 Å². The highest BCUT2D eigenvalue weighted by Gasteiger charge is 2.00. The number of hydrogen-bond donors (Lipinski definition) is 1. The molecule has 0 saturated heterocycles. The van der Waals surface area contributed by atoms with Gasteiger partial charge in [-0.25, -0.2) is 0 Å². The van der Waals surface area contributed by atoms with Crippen molar-refractivity contribution in [3.8, 4) is 5.75 Å². The van der Waals surface area contributed by atoms with Crippen LogP contribution in [0.25, 0.3) is 0 Å². The standard InChI is InChI=1S/C15H23NO2/c1-12(2)16-9-13(3)10-18-15-7-5-6-14(8-15)11-17-4/h5-8,12,16H,3,9-11H2,1-2,4H3. The molecule has 0 aliphatic heterocycles. The smallest absolute Gasteiger partial charge is 0.120 e. The first-order valence-corrected chi connectivity index (χ1v) is 6.22. The molecule has 0 fully saturated rings.